The number of hydrogen-bond acceptors (Lipinski definition) is 1. The van der Waals surface area contributed by atoms with Crippen molar-refractivity contribution < 1.29 is 3.96 Å². The van der Waals surface area contributed by atoms with Crippen molar-refractivity contribution in [1.29, 1.82) is 0 Å². The first-order valence-electron chi connectivity index (χ1n) is 3.21. The van der Waals surface area contributed by atoms with Crippen molar-refractivity contribution in [3.05, 3.63) is 17.1 Å². The van der Waals surface area contributed by atoms with Gasteiger partial charge in [0.2, 0.25) is 0 Å². The maximum absolute atomic E-state index is 2.10. The largest absolute Gasteiger partial charge is 0.184 e. The third kappa shape index (κ3) is 3.25. The van der Waals surface area contributed by atoms with Crippen LogP contribution in [0.4, 0.5) is 0 Å². The van der Waals surface area contributed by atoms with Gasteiger partial charge in [-0.3, -0.25) is 0 Å². The van der Waals surface area contributed by atoms with Gasteiger partial charge in [0.05, 0.1) is 4.88 Å². The maximum atomic E-state index is 2.10. The Balaban J connectivity index is 0.000000291. The Morgan fingerprint density at radius 3 is 2.11 bits per heavy atom. The van der Waals surface area contributed by atoms with E-state index >= 15 is 0 Å². The van der Waals surface area contributed by atoms with Crippen molar-refractivity contribution in [2.45, 2.75) is 20.8 Å². The summed E-state index contributed by atoms with van der Waals surface area (Å²) in [5.41, 5.74) is 0. The van der Waals surface area contributed by atoms with Crippen LogP contribution in [0.25, 0.3) is 0 Å². The summed E-state index contributed by atoms with van der Waals surface area (Å²) in [6, 6.07) is 2.10. The summed E-state index contributed by atoms with van der Waals surface area (Å²) in [5, 5.41) is 0. The van der Waals surface area contributed by atoms with Gasteiger partial charge < -0.3 is 0 Å². The second-order valence-electron chi connectivity index (χ2n) is 1.56. The van der Waals surface area contributed by atoms with Crippen molar-refractivity contribution in [3.8, 4) is 0 Å². The van der Waals surface area contributed by atoms with Crippen LogP contribution in [0.5, 0.6) is 0 Å². The van der Waals surface area contributed by atoms with Gasteiger partial charge in [-0.05, 0) is 6.92 Å². The second kappa shape index (κ2) is 4.50. The molecule has 0 saturated heterocycles. The van der Waals surface area contributed by atoms with Gasteiger partial charge in [0.15, 0.2) is 13.2 Å². The molecule has 1 nitrogen and oxygen atoms in total. The predicted molar refractivity (Wildman–Crippen MR) is 41.6 cm³/mol. The first-order chi connectivity index (χ1) is 4.29. The molecular formula is C7H14NS+. The van der Waals surface area contributed by atoms with E-state index in [9.17, 15) is 0 Å². The molecule has 0 spiro atoms. The highest BCUT2D eigenvalue weighted by molar-refractivity contribution is 7.01. The van der Waals surface area contributed by atoms with Gasteiger partial charge in [-0.15, -0.1) is 3.96 Å². The molecule has 0 aliphatic carbocycles. The zero-order valence-corrected chi connectivity index (χ0v) is 7.33. The van der Waals surface area contributed by atoms with E-state index in [4.69, 9.17) is 0 Å². The van der Waals surface area contributed by atoms with Crippen molar-refractivity contribution >= 4 is 11.5 Å². The minimum Gasteiger partial charge on any atom is -0.144 e. The summed E-state index contributed by atoms with van der Waals surface area (Å²) in [7, 11) is 2.04. The molecule has 0 aromatic carbocycles. The number of aryl methyl sites for hydroxylation is 2. The molecule has 0 unspecified atom stereocenters. The van der Waals surface area contributed by atoms with E-state index in [1.165, 1.54) is 4.88 Å². The molecule has 0 fully saturated rings. The Kier molecular flexibility index (Phi) is 4.32. The van der Waals surface area contributed by atoms with Crippen molar-refractivity contribution in [1.82, 2.24) is 0 Å². The van der Waals surface area contributed by atoms with Gasteiger partial charge in [-0.25, -0.2) is 0 Å². The van der Waals surface area contributed by atoms with Crippen molar-refractivity contribution in [3.63, 3.8) is 0 Å². The molecule has 2 heteroatoms. The van der Waals surface area contributed by atoms with Crippen LogP contribution in [0, 0.1) is 6.92 Å². The van der Waals surface area contributed by atoms with Crippen LogP contribution in [0.2, 0.25) is 0 Å². The molecule has 0 radical (unpaired) electrons. The first-order valence-corrected chi connectivity index (χ1v) is 3.99. The van der Waals surface area contributed by atoms with E-state index < -0.39 is 0 Å². The fraction of sp³-hybridized carbons (Fsp3) is 0.571. The lowest BCUT2D eigenvalue weighted by Crippen LogP contribution is -2.18. The summed E-state index contributed by atoms with van der Waals surface area (Å²) in [5.74, 6) is 0. The van der Waals surface area contributed by atoms with Crippen LogP contribution in [0.15, 0.2) is 12.3 Å². The third-order valence-corrected chi connectivity index (χ3v) is 1.64. The van der Waals surface area contributed by atoms with Crippen LogP contribution in [-0.2, 0) is 7.05 Å². The number of hydrogen-bond donors (Lipinski definition) is 0. The van der Waals surface area contributed by atoms with Crippen molar-refractivity contribution in [2.24, 2.45) is 7.05 Å². The van der Waals surface area contributed by atoms with Crippen molar-refractivity contribution in [2.75, 3.05) is 0 Å². The SMILES string of the molecule is CC.Cc1cc[n+](C)s1. The van der Waals surface area contributed by atoms with Crippen LogP contribution in [0.3, 0.4) is 0 Å². The second-order valence-corrected chi connectivity index (χ2v) is 2.97. The Morgan fingerprint density at radius 1 is 1.44 bits per heavy atom. The highest BCUT2D eigenvalue weighted by Gasteiger charge is 1.92. The molecule has 0 aliphatic heterocycles. The lowest BCUT2D eigenvalue weighted by atomic mass is 10.6. The molecule has 0 aliphatic rings. The summed E-state index contributed by atoms with van der Waals surface area (Å²) in [4.78, 5) is 1.36. The smallest absolute Gasteiger partial charge is 0.144 e. The average Bonchev–Trinajstić information content (AvgIpc) is 2.20. The summed E-state index contributed by atoms with van der Waals surface area (Å²) in [6.07, 6.45) is 2.06. The number of nitrogens with zero attached hydrogens (tertiary/aromatic N) is 1. The zero-order chi connectivity index (χ0) is 7.28. The van der Waals surface area contributed by atoms with Crippen LogP contribution >= 0.6 is 11.5 Å². The fourth-order valence-corrected chi connectivity index (χ4v) is 1.20. The van der Waals surface area contributed by atoms with E-state index in [2.05, 4.69) is 23.1 Å². The highest BCUT2D eigenvalue weighted by atomic mass is 32.1. The molecule has 0 amide bonds. The van der Waals surface area contributed by atoms with Gasteiger partial charge in [0.1, 0.15) is 11.5 Å². The Hall–Kier alpha value is -0.370. The van der Waals surface area contributed by atoms with Gasteiger partial charge in [-0.1, -0.05) is 13.8 Å². The maximum Gasteiger partial charge on any atom is 0.184 e. The summed E-state index contributed by atoms with van der Waals surface area (Å²) in [6.45, 7) is 6.10. The molecule has 9 heavy (non-hydrogen) atoms. The molecular weight excluding hydrogens is 130 g/mol. The monoisotopic (exact) mass is 144 g/mol. The summed E-state index contributed by atoms with van der Waals surface area (Å²) < 4.78 is 2.08. The Bertz CT molecular complexity index is 141. The summed E-state index contributed by atoms with van der Waals surface area (Å²) >= 11 is 1.76. The first kappa shape index (κ1) is 8.63. The van der Waals surface area contributed by atoms with Gasteiger partial charge in [-0.2, -0.15) is 0 Å². The average molecular weight is 144 g/mol. The number of rotatable bonds is 0. The molecule has 0 bridgehead atoms. The molecule has 0 atom stereocenters. The molecule has 0 N–H and O–H groups in total. The van der Waals surface area contributed by atoms with Gasteiger partial charge >= 0.3 is 0 Å². The fourth-order valence-electron chi connectivity index (χ4n) is 0.498. The molecule has 1 rings (SSSR count). The third-order valence-electron chi connectivity index (χ3n) is 0.807. The minimum absolute atomic E-state index is 1.36. The van der Waals surface area contributed by atoms with E-state index in [-0.39, 0.29) is 0 Å². The molecule has 1 aromatic rings. The zero-order valence-electron chi connectivity index (χ0n) is 6.51. The van der Waals surface area contributed by atoms with E-state index in [0.717, 1.165) is 0 Å². The molecule has 1 heterocycles. The Morgan fingerprint density at radius 2 is 2.00 bits per heavy atom. The molecule has 0 saturated carbocycles. The standard InChI is InChI=1S/C5H8NS.C2H6/c1-5-3-4-6(2)7-5;1-2/h3-4H,1-2H3;1-2H3/q+1;. The normalized spacial score (nSPS) is 8.00. The number of aromatic nitrogens is 1. The van der Waals surface area contributed by atoms with Crippen LogP contribution in [-0.4, -0.2) is 0 Å². The van der Waals surface area contributed by atoms with Crippen LogP contribution < -0.4 is 3.96 Å². The van der Waals surface area contributed by atoms with Gasteiger partial charge in [0.25, 0.3) is 0 Å². The highest BCUT2D eigenvalue weighted by Crippen LogP contribution is 1.96. The van der Waals surface area contributed by atoms with Crippen LogP contribution in [0.1, 0.15) is 18.7 Å². The predicted octanol–water partition coefficient (Wildman–Crippen LogP) is 1.91. The minimum atomic E-state index is 1.36. The topological polar surface area (TPSA) is 3.88 Å². The molecule has 1 aromatic heterocycles. The Labute approximate surface area is 61.1 Å². The lowest BCUT2D eigenvalue weighted by molar-refractivity contribution is -0.600. The van der Waals surface area contributed by atoms with Gasteiger partial charge in [0, 0.05) is 6.07 Å². The van der Waals surface area contributed by atoms with E-state index in [1.807, 2.05) is 20.9 Å². The van der Waals surface area contributed by atoms with E-state index in [1.54, 1.807) is 11.5 Å². The van der Waals surface area contributed by atoms with E-state index in [0.29, 0.717) is 0 Å². The molecule has 52 valence electrons. The quantitative estimate of drug-likeness (QED) is 0.490. The lowest BCUT2D eigenvalue weighted by Gasteiger charge is -1.64.